The lowest BCUT2D eigenvalue weighted by Crippen LogP contribution is -2.55. The molecule has 0 N–H and O–H groups in total. The summed E-state index contributed by atoms with van der Waals surface area (Å²) < 4.78 is 17.2. The molecule has 0 aromatic carbocycles. The van der Waals surface area contributed by atoms with Gasteiger partial charge in [-0.05, 0) is 77.0 Å². The van der Waals surface area contributed by atoms with Gasteiger partial charge in [0.2, 0.25) is 0 Å². The van der Waals surface area contributed by atoms with Crippen molar-refractivity contribution in [1.29, 1.82) is 0 Å². The number of nitrogens with zero attached hydrogens (tertiary/aromatic N) is 1. The Balaban J connectivity index is 4.24. The Kier molecular flexibility index (Phi) is 42.5. The summed E-state index contributed by atoms with van der Waals surface area (Å²) in [5.74, 6) is -1.74. The maximum absolute atomic E-state index is 12.8. The third-order valence-corrected chi connectivity index (χ3v) is 11.1. The van der Waals surface area contributed by atoms with E-state index >= 15 is 0 Å². The van der Waals surface area contributed by atoms with Crippen molar-refractivity contribution in [3.8, 4) is 0 Å². The SMILES string of the molecule is CC/C=C/C/C=C/C/C=C/C/C=C/CCCCCCCCCCCCC(=O)OC(COCCC(C(=O)[O-])[N+](C)(C)C)COC(=O)CCCCCCCCC/C=C/CCCCCC. The summed E-state index contributed by atoms with van der Waals surface area (Å²) in [6.07, 6.45) is 55.3. The minimum absolute atomic E-state index is 0.0368. The predicted octanol–water partition coefficient (Wildman–Crippen LogP) is 13.2. The van der Waals surface area contributed by atoms with Crippen molar-refractivity contribution in [2.45, 2.75) is 225 Å². The number of carbonyl (C=O) groups excluding carboxylic acids is 3. The van der Waals surface area contributed by atoms with Gasteiger partial charge in [-0.25, -0.2) is 0 Å². The summed E-state index contributed by atoms with van der Waals surface area (Å²) in [5.41, 5.74) is 0. The molecular weight excluding hydrogens is 775 g/mol. The quantitative estimate of drug-likeness (QED) is 0.0260. The second-order valence-corrected chi connectivity index (χ2v) is 18.0. The fourth-order valence-corrected chi connectivity index (χ4v) is 7.23. The zero-order valence-corrected chi connectivity index (χ0v) is 40.8. The van der Waals surface area contributed by atoms with Crippen LogP contribution in [0.5, 0.6) is 0 Å². The van der Waals surface area contributed by atoms with Gasteiger partial charge in [0, 0.05) is 19.3 Å². The van der Waals surface area contributed by atoms with Crippen LogP contribution < -0.4 is 5.11 Å². The summed E-state index contributed by atoms with van der Waals surface area (Å²) in [4.78, 5) is 37.0. The van der Waals surface area contributed by atoms with Gasteiger partial charge in [0.1, 0.15) is 12.6 Å². The number of hydrogen-bond acceptors (Lipinski definition) is 7. The molecule has 0 radical (unpaired) electrons. The van der Waals surface area contributed by atoms with Crippen molar-refractivity contribution >= 4 is 17.9 Å². The van der Waals surface area contributed by atoms with Crippen LogP contribution in [0.4, 0.5) is 0 Å². The zero-order chi connectivity index (χ0) is 45.6. The highest BCUT2D eigenvalue weighted by molar-refractivity contribution is 5.70. The maximum atomic E-state index is 12.8. The summed E-state index contributed by atoms with van der Waals surface area (Å²) in [5, 5.41) is 11.7. The minimum atomic E-state index is -1.13. The molecule has 8 nitrogen and oxygen atoms in total. The number of allylic oxidation sites excluding steroid dienone is 10. The number of aliphatic carboxylic acids is 1. The Morgan fingerprint density at radius 1 is 0.500 bits per heavy atom. The highest BCUT2D eigenvalue weighted by Gasteiger charge is 2.25. The van der Waals surface area contributed by atoms with Crippen molar-refractivity contribution < 1.29 is 38.2 Å². The van der Waals surface area contributed by atoms with Gasteiger partial charge in [0.25, 0.3) is 0 Å². The third-order valence-electron chi connectivity index (χ3n) is 11.1. The second kappa shape index (κ2) is 44.6. The molecule has 0 aliphatic heterocycles. The molecule has 62 heavy (non-hydrogen) atoms. The number of likely N-dealkylation sites (N-methyl/N-ethyl adjacent to an activating group) is 1. The average molecular weight is 870 g/mol. The molecule has 0 bridgehead atoms. The van der Waals surface area contributed by atoms with E-state index in [9.17, 15) is 19.5 Å². The average Bonchev–Trinajstić information content (AvgIpc) is 3.23. The van der Waals surface area contributed by atoms with Gasteiger partial charge in [-0.2, -0.15) is 0 Å². The molecular formula is C54H95NO7. The van der Waals surface area contributed by atoms with Crippen molar-refractivity contribution in [2.75, 3.05) is 41.0 Å². The van der Waals surface area contributed by atoms with E-state index in [1.807, 2.05) is 0 Å². The van der Waals surface area contributed by atoms with Crippen LogP contribution in [0, 0.1) is 0 Å². The number of hydrogen-bond donors (Lipinski definition) is 0. The molecule has 2 atom stereocenters. The molecule has 0 saturated carbocycles. The monoisotopic (exact) mass is 870 g/mol. The highest BCUT2D eigenvalue weighted by Crippen LogP contribution is 2.15. The molecule has 0 spiro atoms. The summed E-state index contributed by atoms with van der Waals surface area (Å²) in [6.45, 7) is 4.54. The zero-order valence-electron chi connectivity index (χ0n) is 40.8. The molecule has 0 fully saturated rings. The van der Waals surface area contributed by atoms with Crippen LogP contribution in [0.15, 0.2) is 60.8 Å². The summed E-state index contributed by atoms with van der Waals surface area (Å²) in [6, 6.07) is -0.729. The minimum Gasteiger partial charge on any atom is -0.544 e. The first-order valence-electron chi connectivity index (χ1n) is 25.3. The number of rotatable bonds is 45. The van der Waals surface area contributed by atoms with E-state index in [1.165, 1.54) is 116 Å². The van der Waals surface area contributed by atoms with Crippen LogP contribution in [0.25, 0.3) is 0 Å². The van der Waals surface area contributed by atoms with E-state index in [0.29, 0.717) is 12.8 Å². The van der Waals surface area contributed by atoms with Gasteiger partial charge < -0.3 is 28.6 Å². The Morgan fingerprint density at radius 3 is 1.35 bits per heavy atom. The van der Waals surface area contributed by atoms with Crippen LogP contribution in [0.3, 0.4) is 0 Å². The first-order valence-corrected chi connectivity index (χ1v) is 25.3. The number of unbranched alkanes of at least 4 members (excludes halogenated alkanes) is 21. The second-order valence-electron chi connectivity index (χ2n) is 18.0. The molecule has 2 unspecified atom stereocenters. The maximum Gasteiger partial charge on any atom is 0.306 e. The van der Waals surface area contributed by atoms with E-state index in [2.05, 4.69) is 74.6 Å². The lowest BCUT2D eigenvalue weighted by Gasteiger charge is -2.34. The number of carboxylic acids is 1. The molecule has 0 saturated heterocycles. The topological polar surface area (TPSA) is 102 Å². The number of quaternary nitrogens is 1. The lowest BCUT2D eigenvalue weighted by atomic mass is 10.0. The van der Waals surface area contributed by atoms with Crippen molar-refractivity contribution in [2.24, 2.45) is 0 Å². The molecule has 0 aromatic rings. The Bertz CT molecular complexity index is 1200. The number of ether oxygens (including phenoxy) is 3. The molecule has 0 heterocycles. The smallest absolute Gasteiger partial charge is 0.306 e. The molecule has 358 valence electrons. The van der Waals surface area contributed by atoms with Gasteiger partial charge >= 0.3 is 11.9 Å². The fraction of sp³-hybridized carbons (Fsp3) is 0.759. The van der Waals surface area contributed by atoms with Gasteiger partial charge in [-0.15, -0.1) is 0 Å². The molecule has 0 aliphatic carbocycles. The first kappa shape index (κ1) is 59.0. The van der Waals surface area contributed by atoms with Crippen LogP contribution >= 0.6 is 0 Å². The van der Waals surface area contributed by atoms with Gasteiger partial charge in [-0.1, -0.05) is 177 Å². The fourth-order valence-electron chi connectivity index (χ4n) is 7.23. The van der Waals surface area contributed by atoms with Crippen LogP contribution in [0.1, 0.15) is 213 Å². The normalized spacial score (nSPS) is 13.4. The van der Waals surface area contributed by atoms with Gasteiger partial charge in [0.15, 0.2) is 6.10 Å². The van der Waals surface area contributed by atoms with E-state index in [4.69, 9.17) is 14.2 Å². The molecule has 0 amide bonds. The van der Waals surface area contributed by atoms with Gasteiger partial charge in [-0.3, -0.25) is 9.59 Å². The van der Waals surface area contributed by atoms with E-state index in [1.54, 1.807) is 21.1 Å². The Labute approximate surface area is 381 Å². The standard InChI is InChI=1S/C54H95NO7/c1-6-8-10-12-14-16-18-20-22-23-24-25-26-27-28-29-31-33-35-37-39-41-43-45-53(57)62-50(48-60-47-46-51(54(58)59)55(3,4)5)49-61-52(56)44-42-40-38-36-34-32-30-21-19-17-15-13-11-9-7-2/h8,10,14,16-17,19-20,22,24-25,50-51H,6-7,9,11-13,15,18,21,23,26-49H2,1-5H3/b10-8+,16-14+,19-17+,22-20+,25-24+. The Morgan fingerprint density at radius 2 is 0.903 bits per heavy atom. The summed E-state index contributed by atoms with van der Waals surface area (Å²) in [7, 11) is 5.41. The van der Waals surface area contributed by atoms with Crippen molar-refractivity contribution in [3.63, 3.8) is 0 Å². The number of carbonyl (C=O) groups is 3. The largest absolute Gasteiger partial charge is 0.544 e. The van der Waals surface area contributed by atoms with Crippen molar-refractivity contribution in [1.82, 2.24) is 0 Å². The van der Waals surface area contributed by atoms with E-state index in [-0.39, 0.29) is 42.7 Å². The van der Waals surface area contributed by atoms with E-state index in [0.717, 1.165) is 64.2 Å². The van der Waals surface area contributed by atoms with Crippen molar-refractivity contribution in [3.05, 3.63) is 60.8 Å². The number of carboxylic acid groups (broad SMARTS) is 1. The Hall–Kier alpha value is -2.97. The lowest BCUT2D eigenvalue weighted by molar-refractivity contribution is -0.889. The van der Waals surface area contributed by atoms with Gasteiger partial charge in [0.05, 0.1) is 40.3 Å². The molecule has 0 aliphatic rings. The third kappa shape index (κ3) is 42.3. The number of esters is 2. The van der Waals surface area contributed by atoms with Crippen LogP contribution in [0.2, 0.25) is 0 Å². The summed E-state index contributed by atoms with van der Waals surface area (Å²) >= 11 is 0. The highest BCUT2D eigenvalue weighted by atomic mass is 16.6. The van der Waals surface area contributed by atoms with Crippen LogP contribution in [-0.4, -0.2) is 75.5 Å². The molecule has 0 aromatic heterocycles. The molecule has 8 heteroatoms. The van der Waals surface area contributed by atoms with Crippen LogP contribution in [-0.2, 0) is 28.6 Å². The predicted molar refractivity (Wildman–Crippen MR) is 259 cm³/mol. The van der Waals surface area contributed by atoms with E-state index < -0.39 is 18.1 Å². The first-order chi connectivity index (χ1) is 30.1. The molecule has 0 rings (SSSR count).